The van der Waals surface area contributed by atoms with Crippen LogP contribution >= 0.6 is 0 Å². The second kappa shape index (κ2) is 8.63. The smallest absolute Gasteiger partial charge is 0.325 e. The Kier molecular flexibility index (Phi) is 6.05. The third kappa shape index (κ3) is 4.02. The van der Waals surface area contributed by atoms with Crippen molar-refractivity contribution in [1.29, 1.82) is 0 Å². The van der Waals surface area contributed by atoms with Crippen LogP contribution in [0.4, 0.5) is 8.78 Å². The molecule has 3 aromatic rings. The second-order valence-corrected chi connectivity index (χ2v) is 9.90. The van der Waals surface area contributed by atoms with Crippen LogP contribution < -0.4 is 0 Å². The Morgan fingerprint density at radius 3 is 2.44 bits per heavy atom. The SMILES string of the molecule is COC(=O)Cn1c(C)c(C2CCN(S(=O)(=O)c3cccc(F)c3)CC2)c2cc(F)ccc21. The van der Waals surface area contributed by atoms with Crippen molar-refractivity contribution >= 4 is 26.9 Å². The third-order valence-corrected chi connectivity index (χ3v) is 8.04. The summed E-state index contributed by atoms with van der Waals surface area (Å²) < 4.78 is 61.4. The lowest BCUT2D eigenvalue weighted by Crippen LogP contribution is -2.38. The molecule has 2 aromatic carbocycles. The van der Waals surface area contributed by atoms with Gasteiger partial charge in [-0.2, -0.15) is 4.31 Å². The average Bonchev–Trinajstić information content (AvgIpc) is 3.04. The van der Waals surface area contributed by atoms with Crippen molar-refractivity contribution in [3.05, 3.63) is 65.4 Å². The van der Waals surface area contributed by atoms with Crippen LogP contribution in [0.15, 0.2) is 47.4 Å². The summed E-state index contributed by atoms with van der Waals surface area (Å²) in [5, 5.41) is 0.720. The lowest BCUT2D eigenvalue weighted by atomic mass is 9.88. The normalized spacial score (nSPS) is 15.9. The van der Waals surface area contributed by atoms with Gasteiger partial charge in [0.2, 0.25) is 10.0 Å². The molecule has 0 radical (unpaired) electrons. The maximum atomic E-state index is 14.1. The molecule has 0 N–H and O–H groups in total. The molecule has 9 heteroatoms. The van der Waals surface area contributed by atoms with Crippen molar-refractivity contribution in [2.45, 2.75) is 37.1 Å². The number of carbonyl (C=O) groups excluding carboxylic acids is 1. The summed E-state index contributed by atoms with van der Waals surface area (Å²) in [5.74, 6) is -1.38. The van der Waals surface area contributed by atoms with Crippen molar-refractivity contribution in [3.63, 3.8) is 0 Å². The first kappa shape index (κ1) is 22.4. The van der Waals surface area contributed by atoms with Gasteiger partial charge in [-0.15, -0.1) is 0 Å². The van der Waals surface area contributed by atoms with E-state index in [9.17, 15) is 22.0 Å². The van der Waals surface area contributed by atoms with E-state index in [1.165, 1.54) is 41.7 Å². The van der Waals surface area contributed by atoms with E-state index in [0.29, 0.717) is 12.8 Å². The zero-order valence-electron chi connectivity index (χ0n) is 17.8. The number of hydrogen-bond donors (Lipinski definition) is 0. The Hall–Kier alpha value is -2.78. The molecule has 1 aliphatic rings. The molecule has 0 spiro atoms. The van der Waals surface area contributed by atoms with Crippen LogP contribution in [-0.4, -0.2) is 43.5 Å². The number of halogens is 2. The minimum absolute atomic E-state index is 0.00263. The monoisotopic (exact) mass is 462 g/mol. The van der Waals surface area contributed by atoms with E-state index in [2.05, 4.69) is 0 Å². The summed E-state index contributed by atoms with van der Waals surface area (Å²) in [6, 6.07) is 9.45. The van der Waals surface area contributed by atoms with Gasteiger partial charge >= 0.3 is 5.97 Å². The Labute approximate surface area is 185 Å². The van der Waals surface area contributed by atoms with Gasteiger partial charge in [0.25, 0.3) is 0 Å². The molecular formula is C23H24F2N2O4S. The molecule has 4 rings (SSSR count). The molecular weight excluding hydrogens is 438 g/mol. The number of nitrogens with zero attached hydrogens (tertiary/aromatic N) is 2. The highest BCUT2D eigenvalue weighted by Gasteiger charge is 2.32. The molecule has 1 saturated heterocycles. The number of esters is 1. The van der Waals surface area contributed by atoms with Crippen LogP contribution in [0.2, 0.25) is 0 Å². The number of fused-ring (bicyclic) bond motifs is 1. The van der Waals surface area contributed by atoms with Crippen LogP contribution in [0.25, 0.3) is 10.9 Å². The second-order valence-electron chi connectivity index (χ2n) is 7.96. The van der Waals surface area contributed by atoms with E-state index in [0.717, 1.165) is 28.2 Å². The molecule has 2 heterocycles. The van der Waals surface area contributed by atoms with Gasteiger partial charge in [0.1, 0.15) is 18.2 Å². The molecule has 32 heavy (non-hydrogen) atoms. The summed E-state index contributed by atoms with van der Waals surface area (Å²) in [6.07, 6.45) is 1.06. The van der Waals surface area contributed by atoms with E-state index in [-0.39, 0.29) is 36.3 Å². The predicted molar refractivity (Wildman–Crippen MR) is 116 cm³/mol. The molecule has 1 fully saturated rings. The van der Waals surface area contributed by atoms with Crippen LogP contribution in [0.1, 0.15) is 30.0 Å². The van der Waals surface area contributed by atoms with E-state index < -0.39 is 21.8 Å². The summed E-state index contributed by atoms with van der Waals surface area (Å²) in [4.78, 5) is 11.9. The topological polar surface area (TPSA) is 68.6 Å². The number of methoxy groups -OCH3 is 1. The van der Waals surface area contributed by atoms with Gasteiger partial charge in [-0.3, -0.25) is 4.79 Å². The maximum Gasteiger partial charge on any atom is 0.325 e. The first-order valence-corrected chi connectivity index (χ1v) is 11.8. The van der Waals surface area contributed by atoms with E-state index in [1.807, 2.05) is 11.5 Å². The van der Waals surface area contributed by atoms with Gasteiger partial charge in [0, 0.05) is 29.7 Å². The highest BCUT2D eigenvalue weighted by atomic mass is 32.2. The highest BCUT2D eigenvalue weighted by molar-refractivity contribution is 7.89. The first-order valence-electron chi connectivity index (χ1n) is 10.3. The minimum Gasteiger partial charge on any atom is -0.468 e. The molecule has 1 aliphatic heterocycles. The molecule has 0 bridgehead atoms. The highest BCUT2D eigenvalue weighted by Crippen LogP contribution is 2.38. The number of rotatable bonds is 5. The number of benzene rings is 2. The zero-order valence-corrected chi connectivity index (χ0v) is 18.7. The van der Waals surface area contributed by atoms with Crippen molar-refractivity contribution in [2.24, 2.45) is 0 Å². The van der Waals surface area contributed by atoms with Gasteiger partial charge in [-0.1, -0.05) is 6.07 Å². The van der Waals surface area contributed by atoms with Gasteiger partial charge in [-0.05, 0) is 67.6 Å². The number of piperidine rings is 1. The molecule has 0 saturated carbocycles. The lowest BCUT2D eigenvalue weighted by Gasteiger charge is -2.31. The average molecular weight is 463 g/mol. The van der Waals surface area contributed by atoms with E-state index in [4.69, 9.17) is 4.74 Å². The van der Waals surface area contributed by atoms with E-state index >= 15 is 0 Å². The first-order chi connectivity index (χ1) is 15.2. The van der Waals surface area contributed by atoms with Crippen LogP contribution in [0.3, 0.4) is 0 Å². The van der Waals surface area contributed by atoms with Gasteiger partial charge in [0.05, 0.1) is 12.0 Å². The number of hydrogen-bond acceptors (Lipinski definition) is 4. The van der Waals surface area contributed by atoms with Crippen molar-refractivity contribution in [2.75, 3.05) is 20.2 Å². The Bertz CT molecular complexity index is 1280. The summed E-state index contributed by atoms with van der Waals surface area (Å²) in [5.41, 5.74) is 2.49. The number of ether oxygens (including phenoxy) is 1. The fraction of sp³-hybridized carbons (Fsp3) is 0.348. The Balaban J connectivity index is 1.64. The van der Waals surface area contributed by atoms with Gasteiger partial charge < -0.3 is 9.30 Å². The summed E-state index contributed by atoms with van der Waals surface area (Å²) in [7, 11) is -2.48. The van der Waals surface area contributed by atoms with Gasteiger partial charge in [-0.25, -0.2) is 17.2 Å². The Morgan fingerprint density at radius 1 is 1.09 bits per heavy atom. The molecule has 170 valence electrons. The van der Waals surface area contributed by atoms with Crippen LogP contribution in [0, 0.1) is 18.6 Å². The largest absolute Gasteiger partial charge is 0.468 e. The standard InChI is InChI=1S/C23H24F2N2O4S/c1-15-23(20-13-18(25)6-7-21(20)27(15)14-22(28)31-2)16-8-10-26(11-9-16)32(29,30)19-5-3-4-17(24)12-19/h3-7,12-13,16H,8-11,14H2,1-2H3. The molecule has 0 unspecified atom stereocenters. The molecule has 0 aliphatic carbocycles. The molecule has 1 aromatic heterocycles. The third-order valence-electron chi connectivity index (χ3n) is 6.15. The number of sulfonamides is 1. The number of carbonyl (C=O) groups is 1. The molecule has 0 amide bonds. The Morgan fingerprint density at radius 2 is 1.78 bits per heavy atom. The van der Waals surface area contributed by atoms with Crippen molar-refractivity contribution in [1.82, 2.24) is 8.87 Å². The van der Waals surface area contributed by atoms with Crippen LogP contribution in [-0.2, 0) is 26.1 Å². The molecule has 6 nitrogen and oxygen atoms in total. The maximum absolute atomic E-state index is 14.1. The summed E-state index contributed by atoms with van der Waals surface area (Å²) in [6.45, 7) is 2.42. The van der Waals surface area contributed by atoms with Crippen LogP contribution in [0.5, 0.6) is 0 Å². The van der Waals surface area contributed by atoms with Crippen molar-refractivity contribution < 1.29 is 26.7 Å². The fourth-order valence-corrected chi connectivity index (χ4v) is 6.06. The summed E-state index contributed by atoms with van der Waals surface area (Å²) >= 11 is 0. The predicted octanol–water partition coefficient (Wildman–Crippen LogP) is 3.97. The van der Waals surface area contributed by atoms with Gasteiger partial charge in [0.15, 0.2) is 0 Å². The van der Waals surface area contributed by atoms with E-state index in [1.54, 1.807) is 6.07 Å². The van der Waals surface area contributed by atoms with Crippen molar-refractivity contribution in [3.8, 4) is 0 Å². The zero-order chi connectivity index (χ0) is 23.0. The fourth-order valence-electron chi connectivity index (χ4n) is 4.55. The quantitative estimate of drug-likeness (QED) is 0.538. The number of aromatic nitrogens is 1. The minimum atomic E-state index is -3.80. The molecule has 0 atom stereocenters. The lowest BCUT2D eigenvalue weighted by molar-refractivity contribution is -0.141.